The summed E-state index contributed by atoms with van der Waals surface area (Å²) in [6.45, 7) is 6.69. The van der Waals surface area contributed by atoms with Gasteiger partial charge in [0, 0.05) is 25.2 Å². The maximum atomic E-state index is 11.8. The number of carbonyl (C=O) groups excluding carboxylic acids is 1. The molecule has 0 unspecified atom stereocenters. The van der Waals surface area contributed by atoms with E-state index in [-0.39, 0.29) is 23.0 Å². The molecule has 1 aliphatic heterocycles. The van der Waals surface area contributed by atoms with Gasteiger partial charge in [-0.3, -0.25) is 14.5 Å². The number of carbonyl (C=O) groups is 2. The van der Waals surface area contributed by atoms with Crippen molar-refractivity contribution in [2.24, 2.45) is 0 Å². The summed E-state index contributed by atoms with van der Waals surface area (Å²) < 4.78 is 0. The first kappa shape index (κ1) is 17.8. The molecule has 6 heteroatoms. The van der Waals surface area contributed by atoms with Crippen LogP contribution in [0.5, 0.6) is 0 Å². The van der Waals surface area contributed by atoms with E-state index < -0.39 is 5.97 Å². The summed E-state index contributed by atoms with van der Waals surface area (Å²) in [6.07, 6.45) is 1.03. The Hall–Kier alpha value is -1.53. The Morgan fingerprint density at radius 3 is 2.65 bits per heavy atom. The third-order valence-corrected chi connectivity index (χ3v) is 5.08. The first-order chi connectivity index (χ1) is 10.9. The largest absolute Gasteiger partial charge is 0.481 e. The van der Waals surface area contributed by atoms with Gasteiger partial charge in [-0.25, -0.2) is 0 Å². The van der Waals surface area contributed by atoms with E-state index in [0.29, 0.717) is 6.54 Å². The van der Waals surface area contributed by atoms with E-state index in [1.54, 1.807) is 0 Å². The third kappa shape index (κ3) is 5.25. The highest BCUT2D eigenvalue weighted by molar-refractivity contribution is 8.00. The molecule has 0 aromatic heterocycles. The van der Waals surface area contributed by atoms with Crippen molar-refractivity contribution in [2.45, 2.75) is 32.4 Å². The number of nitrogens with one attached hydrogen (secondary N) is 1. The minimum absolute atomic E-state index is 0.0419. The van der Waals surface area contributed by atoms with Crippen LogP contribution in [-0.2, 0) is 22.6 Å². The van der Waals surface area contributed by atoms with Gasteiger partial charge in [-0.15, -0.1) is 11.8 Å². The highest BCUT2D eigenvalue weighted by Gasteiger charge is 2.29. The lowest BCUT2D eigenvalue weighted by Crippen LogP contribution is -2.53. The highest BCUT2D eigenvalue weighted by atomic mass is 32.2. The van der Waals surface area contributed by atoms with Gasteiger partial charge in [-0.05, 0) is 31.4 Å². The Morgan fingerprint density at radius 2 is 1.96 bits per heavy atom. The molecule has 0 saturated heterocycles. The van der Waals surface area contributed by atoms with Gasteiger partial charge >= 0.3 is 5.97 Å². The van der Waals surface area contributed by atoms with Gasteiger partial charge in [0.05, 0.1) is 11.5 Å². The van der Waals surface area contributed by atoms with Crippen molar-refractivity contribution < 1.29 is 14.7 Å². The van der Waals surface area contributed by atoms with Crippen LogP contribution < -0.4 is 5.32 Å². The zero-order valence-corrected chi connectivity index (χ0v) is 14.5. The van der Waals surface area contributed by atoms with Gasteiger partial charge in [0.2, 0.25) is 5.91 Å². The van der Waals surface area contributed by atoms with Crippen LogP contribution in [0.1, 0.15) is 25.0 Å². The number of rotatable bonds is 7. The molecule has 1 aromatic rings. The number of aliphatic carboxylic acids is 1. The number of thioether (sulfide) groups is 1. The molecule has 0 spiro atoms. The molecule has 1 amide bonds. The Morgan fingerprint density at radius 1 is 1.26 bits per heavy atom. The quantitative estimate of drug-likeness (QED) is 0.794. The summed E-state index contributed by atoms with van der Waals surface area (Å²) in [7, 11) is 0. The van der Waals surface area contributed by atoms with Gasteiger partial charge in [0.15, 0.2) is 0 Å². The number of hydrogen-bond acceptors (Lipinski definition) is 4. The fourth-order valence-corrected chi connectivity index (χ4v) is 3.29. The van der Waals surface area contributed by atoms with Crippen LogP contribution in [0.2, 0.25) is 0 Å². The van der Waals surface area contributed by atoms with Crippen molar-refractivity contribution in [3.8, 4) is 0 Å². The Balaban J connectivity index is 1.82. The first-order valence-corrected chi connectivity index (χ1v) is 8.92. The average molecular weight is 336 g/mol. The maximum absolute atomic E-state index is 11.8. The van der Waals surface area contributed by atoms with E-state index >= 15 is 0 Å². The number of carboxylic acid groups (broad SMARTS) is 1. The second-order valence-electron chi connectivity index (χ2n) is 6.42. The van der Waals surface area contributed by atoms with Gasteiger partial charge in [-0.2, -0.15) is 0 Å². The average Bonchev–Trinajstić information content (AvgIpc) is 2.52. The second kappa shape index (κ2) is 7.84. The van der Waals surface area contributed by atoms with Crippen LogP contribution in [0.4, 0.5) is 0 Å². The van der Waals surface area contributed by atoms with Crippen LogP contribution in [-0.4, -0.2) is 52.0 Å². The lowest BCUT2D eigenvalue weighted by molar-refractivity contribution is -0.133. The molecule has 2 rings (SSSR count). The van der Waals surface area contributed by atoms with E-state index in [9.17, 15) is 9.59 Å². The Labute approximate surface area is 141 Å². The molecular weight excluding hydrogens is 312 g/mol. The molecule has 0 bridgehead atoms. The maximum Gasteiger partial charge on any atom is 0.313 e. The van der Waals surface area contributed by atoms with Gasteiger partial charge in [0.25, 0.3) is 0 Å². The van der Waals surface area contributed by atoms with Crippen molar-refractivity contribution >= 4 is 23.6 Å². The molecule has 0 radical (unpaired) electrons. The number of nitrogens with zero attached hydrogens (tertiary/aromatic N) is 1. The van der Waals surface area contributed by atoms with Crippen LogP contribution in [0.25, 0.3) is 0 Å². The normalized spacial score (nSPS) is 15.0. The predicted octanol–water partition coefficient (Wildman–Crippen LogP) is 1.76. The second-order valence-corrected chi connectivity index (χ2v) is 7.40. The molecule has 0 saturated carbocycles. The van der Waals surface area contributed by atoms with Crippen molar-refractivity contribution in [2.75, 3.05) is 24.6 Å². The van der Waals surface area contributed by atoms with E-state index in [0.717, 1.165) is 31.3 Å². The van der Waals surface area contributed by atoms with Crippen LogP contribution in [0, 0.1) is 0 Å². The standard InChI is InChI=1S/C17H24N2O3S/c1-17(2,12-18-15(20)10-23-11-16(21)22)19-8-7-13-5-3-4-6-14(13)9-19/h3-6H,7-12H2,1-2H3,(H,18,20)(H,21,22). The molecule has 5 nitrogen and oxygen atoms in total. The Bertz CT molecular complexity index is 575. The SMILES string of the molecule is CC(C)(CNC(=O)CSCC(=O)O)N1CCc2ccccc2C1. The van der Waals surface area contributed by atoms with Gasteiger partial charge in [-0.1, -0.05) is 24.3 Å². The van der Waals surface area contributed by atoms with Crippen molar-refractivity contribution in [1.82, 2.24) is 10.2 Å². The van der Waals surface area contributed by atoms with Gasteiger partial charge in [0.1, 0.15) is 0 Å². The number of amides is 1. The predicted molar refractivity (Wildman–Crippen MR) is 92.6 cm³/mol. The van der Waals surface area contributed by atoms with Crippen molar-refractivity contribution in [1.29, 1.82) is 0 Å². The number of fused-ring (bicyclic) bond motifs is 1. The molecule has 23 heavy (non-hydrogen) atoms. The van der Waals surface area contributed by atoms with Crippen LogP contribution >= 0.6 is 11.8 Å². The molecule has 0 fully saturated rings. The zero-order chi connectivity index (χ0) is 16.9. The molecule has 1 aromatic carbocycles. The molecule has 0 aliphatic carbocycles. The third-order valence-electron chi connectivity index (χ3n) is 4.16. The molecular formula is C17H24N2O3S. The minimum atomic E-state index is -0.893. The van der Waals surface area contributed by atoms with E-state index in [2.05, 4.69) is 48.3 Å². The molecule has 126 valence electrons. The van der Waals surface area contributed by atoms with Gasteiger partial charge < -0.3 is 10.4 Å². The minimum Gasteiger partial charge on any atom is -0.481 e. The highest BCUT2D eigenvalue weighted by Crippen LogP contribution is 2.24. The topological polar surface area (TPSA) is 69.6 Å². The lowest BCUT2D eigenvalue weighted by Gasteiger charge is -2.41. The number of benzene rings is 1. The van der Waals surface area contributed by atoms with Crippen molar-refractivity contribution in [3.63, 3.8) is 0 Å². The molecule has 1 aliphatic rings. The molecule has 2 N–H and O–H groups in total. The molecule has 0 atom stereocenters. The summed E-state index contributed by atoms with van der Waals surface area (Å²) in [5.74, 6) is -0.859. The van der Waals surface area contributed by atoms with Crippen molar-refractivity contribution in [3.05, 3.63) is 35.4 Å². The summed E-state index contributed by atoms with van der Waals surface area (Å²) in [6, 6.07) is 8.49. The lowest BCUT2D eigenvalue weighted by atomic mass is 9.94. The summed E-state index contributed by atoms with van der Waals surface area (Å²) in [5.41, 5.74) is 2.63. The summed E-state index contributed by atoms with van der Waals surface area (Å²) >= 11 is 1.12. The van der Waals surface area contributed by atoms with E-state index in [1.165, 1.54) is 11.1 Å². The Kier molecular flexibility index (Phi) is 6.07. The van der Waals surface area contributed by atoms with Crippen LogP contribution in [0.3, 0.4) is 0 Å². The number of carboxylic acids is 1. The monoisotopic (exact) mass is 336 g/mol. The summed E-state index contributed by atoms with van der Waals surface area (Å²) in [4.78, 5) is 24.6. The van der Waals surface area contributed by atoms with E-state index in [1.807, 2.05) is 0 Å². The van der Waals surface area contributed by atoms with E-state index in [4.69, 9.17) is 5.11 Å². The smallest absolute Gasteiger partial charge is 0.313 e. The van der Waals surface area contributed by atoms with Crippen LogP contribution in [0.15, 0.2) is 24.3 Å². The first-order valence-electron chi connectivity index (χ1n) is 7.76. The molecule has 1 heterocycles. The summed E-state index contributed by atoms with van der Waals surface area (Å²) in [5, 5.41) is 11.5. The number of hydrogen-bond donors (Lipinski definition) is 2. The fourth-order valence-electron chi connectivity index (χ4n) is 2.72. The fraction of sp³-hybridized carbons (Fsp3) is 0.529. The zero-order valence-electron chi connectivity index (χ0n) is 13.7.